The first-order valence-electron chi connectivity index (χ1n) is 14.2. The van der Waals surface area contributed by atoms with E-state index in [0.717, 1.165) is 44.9 Å². The van der Waals surface area contributed by atoms with E-state index in [-0.39, 0.29) is 0 Å². The predicted molar refractivity (Wildman–Crippen MR) is 175 cm³/mol. The van der Waals surface area contributed by atoms with Gasteiger partial charge in [0.25, 0.3) is 0 Å². The summed E-state index contributed by atoms with van der Waals surface area (Å²) in [7, 11) is 0. The predicted octanol–water partition coefficient (Wildman–Crippen LogP) is 9.60. The van der Waals surface area contributed by atoms with Gasteiger partial charge in [-0.25, -0.2) is 9.97 Å². The highest BCUT2D eigenvalue weighted by Gasteiger charge is 2.15. The van der Waals surface area contributed by atoms with Crippen LogP contribution < -0.4 is 0 Å². The van der Waals surface area contributed by atoms with Crippen molar-refractivity contribution >= 4 is 32.7 Å². The fourth-order valence-electron chi connectivity index (χ4n) is 5.94. The molecule has 0 aliphatic heterocycles. The Morgan fingerprint density at radius 3 is 1.91 bits per heavy atom. The minimum absolute atomic E-state index is 0.670. The average Bonchev–Trinajstić information content (AvgIpc) is 3.48. The maximum atomic E-state index is 9.30. The van der Waals surface area contributed by atoms with Crippen LogP contribution in [0, 0.1) is 11.3 Å². The van der Waals surface area contributed by atoms with Crippen LogP contribution in [0.2, 0.25) is 0 Å². The Hall–Kier alpha value is -6.05. The minimum atomic E-state index is 0.670. The number of aromatic nitrogens is 3. The Bertz CT molecular complexity index is 2340. The molecule has 0 radical (unpaired) electrons. The second-order valence-corrected chi connectivity index (χ2v) is 10.7. The summed E-state index contributed by atoms with van der Waals surface area (Å²) in [4.78, 5) is 9.58. The van der Waals surface area contributed by atoms with Gasteiger partial charge in [0.2, 0.25) is 0 Å². The topological polar surface area (TPSA) is 54.5 Å². The molecule has 0 atom stereocenters. The Balaban J connectivity index is 1.16. The fourth-order valence-corrected chi connectivity index (χ4v) is 5.94. The molecule has 0 amide bonds. The molecule has 0 aliphatic rings. The summed E-state index contributed by atoms with van der Waals surface area (Å²) in [6, 6.07) is 50.4. The number of benzene rings is 6. The molecule has 4 nitrogen and oxygen atoms in total. The summed E-state index contributed by atoms with van der Waals surface area (Å²) in [5, 5.41) is 14.1. The number of fused-ring (bicyclic) bond motifs is 4. The molecular weight excluding hydrogens is 524 g/mol. The average molecular weight is 549 g/mol. The molecule has 0 saturated carbocycles. The van der Waals surface area contributed by atoms with E-state index >= 15 is 0 Å². The molecule has 0 unspecified atom stereocenters. The smallest absolute Gasteiger partial charge is 0.164 e. The van der Waals surface area contributed by atoms with E-state index in [0.29, 0.717) is 5.56 Å². The molecule has 2 aromatic heterocycles. The SMILES string of the molecule is N#Cc1cccc(-c2ccc3c(ccc4cc(-c5ccc(-n6c(-c7ccccc7)nc7cccnc76)cc5)ccc43)c2)c1. The fraction of sp³-hybridized carbons (Fsp3) is 0. The lowest BCUT2D eigenvalue weighted by atomic mass is 9.95. The highest BCUT2D eigenvalue weighted by atomic mass is 15.1. The molecule has 0 N–H and O–H groups in total. The Morgan fingerprint density at radius 1 is 0.535 bits per heavy atom. The number of hydrogen-bond acceptors (Lipinski definition) is 3. The Kier molecular flexibility index (Phi) is 5.80. The van der Waals surface area contributed by atoms with Gasteiger partial charge in [0.15, 0.2) is 5.65 Å². The molecule has 43 heavy (non-hydrogen) atoms. The number of rotatable bonds is 4. The summed E-state index contributed by atoms with van der Waals surface area (Å²) in [5.41, 5.74) is 8.93. The second-order valence-electron chi connectivity index (χ2n) is 10.7. The summed E-state index contributed by atoms with van der Waals surface area (Å²) >= 11 is 0. The number of hydrogen-bond donors (Lipinski definition) is 0. The van der Waals surface area contributed by atoms with Crippen molar-refractivity contribution in [3.8, 4) is 45.4 Å². The molecule has 4 heteroatoms. The van der Waals surface area contributed by atoms with Crippen molar-refractivity contribution in [2.75, 3.05) is 0 Å². The summed E-state index contributed by atoms with van der Waals surface area (Å²) in [5.74, 6) is 0.876. The molecule has 2 heterocycles. The van der Waals surface area contributed by atoms with Gasteiger partial charge in [0, 0.05) is 17.4 Å². The largest absolute Gasteiger partial charge is 0.277 e. The van der Waals surface area contributed by atoms with Gasteiger partial charge in [-0.2, -0.15) is 5.26 Å². The lowest BCUT2D eigenvalue weighted by Gasteiger charge is -2.11. The molecule has 8 aromatic rings. The first kappa shape index (κ1) is 24.7. The standard InChI is InChI=1S/C39H24N4/c40-25-26-6-4-9-29(22-26)31-16-20-36-33(24-31)12-11-32-23-30(15-19-35(32)36)27-13-17-34(18-14-27)43-38(28-7-2-1-3-8-28)42-37-10-5-21-41-39(37)43/h1-24H. The van der Waals surface area contributed by atoms with Crippen molar-refractivity contribution in [1.82, 2.24) is 14.5 Å². The van der Waals surface area contributed by atoms with Crippen molar-refractivity contribution in [2.45, 2.75) is 0 Å². The zero-order chi connectivity index (χ0) is 28.8. The van der Waals surface area contributed by atoms with Crippen LogP contribution in [0.4, 0.5) is 0 Å². The van der Waals surface area contributed by atoms with Gasteiger partial charge < -0.3 is 0 Å². The van der Waals surface area contributed by atoms with E-state index < -0.39 is 0 Å². The molecule has 200 valence electrons. The van der Waals surface area contributed by atoms with Crippen LogP contribution in [0.25, 0.3) is 72.0 Å². The number of imidazole rings is 1. The van der Waals surface area contributed by atoms with E-state index in [9.17, 15) is 5.26 Å². The number of nitriles is 1. The summed E-state index contributed by atoms with van der Waals surface area (Å²) in [6.07, 6.45) is 1.81. The first-order valence-corrected chi connectivity index (χ1v) is 14.2. The third-order valence-corrected chi connectivity index (χ3v) is 8.07. The van der Waals surface area contributed by atoms with Crippen molar-refractivity contribution in [2.24, 2.45) is 0 Å². The van der Waals surface area contributed by atoms with Gasteiger partial charge in [-0.15, -0.1) is 0 Å². The maximum Gasteiger partial charge on any atom is 0.164 e. The van der Waals surface area contributed by atoms with E-state index in [1.165, 1.54) is 27.1 Å². The van der Waals surface area contributed by atoms with Gasteiger partial charge in [-0.1, -0.05) is 91.0 Å². The van der Waals surface area contributed by atoms with Gasteiger partial charge >= 0.3 is 0 Å². The van der Waals surface area contributed by atoms with Crippen molar-refractivity contribution in [3.05, 3.63) is 151 Å². The molecular formula is C39H24N4. The maximum absolute atomic E-state index is 9.30. The molecule has 0 fully saturated rings. The lowest BCUT2D eigenvalue weighted by molar-refractivity contribution is 1.08. The van der Waals surface area contributed by atoms with Crippen LogP contribution >= 0.6 is 0 Å². The monoisotopic (exact) mass is 548 g/mol. The minimum Gasteiger partial charge on any atom is -0.277 e. The number of nitrogens with zero attached hydrogens (tertiary/aromatic N) is 4. The van der Waals surface area contributed by atoms with Crippen LogP contribution in [0.5, 0.6) is 0 Å². The zero-order valence-electron chi connectivity index (χ0n) is 23.1. The van der Waals surface area contributed by atoms with E-state index in [2.05, 4.69) is 107 Å². The normalized spacial score (nSPS) is 11.2. The third-order valence-electron chi connectivity index (χ3n) is 8.07. The molecule has 0 spiro atoms. The molecule has 0 aliphatic carbocycles. The molecule has 6 aromatic carbocycles. The van der Waals surface area contributed by atoms with Crippen molar-refractivity contribution in [1.29, 1.82) is 5.26 Å². The quantitative estimate of drug-likeness (QED) is 0.206. The third kappa shape index (κ3) is 4.32. The van der Waals surface area contributed by atoms with Gasteiger partial charge in [-0.05, 0) is 92.3 Å². The molecule has 0 saturated heterocycles. The summed E-state index contributed by atoms with van der Waals surface area (Å²) < 4.78 is 2.13. The van der Waals surface area contributed by atoms with Crippen LogP contribution in [-0.4, -0.2) is 14.5 Å². The van der Waals surface area contributed by atoms with E-state index in [1.54, 1.807) is 0 Å². The van der Waals surface area contributed by atoms with Crippen molar-refractivity contribution in [3.63, 3.8) is 0 Å². The van der Waals surface area contributed by atoms with Crippen LogP contribution in [-0.2, 0) is 0 Å². The molecule has 8 rings (SSSR count). The summed E-state index contributed by atoms with van der Waals surface area (Å²) in [6.45, 7) is 0. The van der Waals surface area contributed by atoms with Crippen molar-refractivity contribution < 1.29 is 0 Å². The lowest BCUT2D eigenvalue weighted by Crippen LogP contribution is -1.98. The molecule has 0 bridgehead atoms. The second kappa shape index (κ2) is 10.1. The Labute approximate surface area is 248 Å². The van der Waals surface area contributed by atoms with E-state index in [4.69, 9.17) is 4.98 Å². The van der Waals surface area contributed by atoms with Gasteiger partial charge in [0.1, 0.15) is 11.3 Å². The highest BCUT2D eigenvalue weighted by molar-refractivity contribution is 6.09. The van der Waals surface area contributed by atoms with Crippen LogP contribution in [0.1, 0.15) is 5.56 Å². The van der Waals surface area contributed by atoms with Crippen LogP contribution in [0.15, 0.2) is 146 Å². The number of pyridine rings is 1. The van der Waals surface area contributed by atoms with Gasteiger partial charge in [0.05, 0.1) is 11.6 Å². The van der Waals surface area contributed by atoms with Gasteiger partial charge in [-0.3, -0.25) is 4.57 Å². The first-order chi connectivity index (χ1) is 21.2. The zero-order valence-corrected chi connectivity index (χ0v) is 23.1. The highest BCUT2D eigenvalue weighted by Crippen LogP contribution is 2.34. The Morgan fingerprint density at radius 2 is 1.19 bits per heavy atom. The van der Waals surface area contributed by atoms with Crippen LogP contribution in [0.3, 0.4) is 0 Å². The van der Waals surface area contributed by atoms with E-state index in [1.807, 2.05) is 54.7 Å².